The molecule has 2 aromatic rings. The molecule has 0 radical (unpaired) electrons. The first kappa shape index (κ1) is 15.2. The fourth-order valence-electron chi connectivity index (χ4n) is 1.93. The Morgan fingerprint density at radius 2 is 2.05 bits per heavy atom. The minimum absolute atomic E-state index is 0.0452. The Bertz CT molecular complexity index is 827. The average molecular weight is 309 g/mol. The molecule has 0 bridgehead atoms. The summed E-state index contributed by atoms with van der Waals surface area (Å²) in [5, 5.41) is 0.510. The van der Waals surface area contributed by atoms with E-state index < -0.39 is 15.9 Å². The normalized spacial score (nSPS) is 11.5. The molecule has 0 saturated carbocycles. The van der Waals surface area contributed by atoms with E-state index in [0.29, 0.717) is 29.6 Å². The van der Waals surface area contributed by atoms with Crippen molar-refractivity contribution in [1.29, 1.82) is 0 Å². The van der Waals surface area contributed by atoms with Gasteiger partial charge in [-0.3, -0.25) is 14.3 Å². The third-order valence-corrected chi connectivity index (χ3v) is 3.38. The first-order valence-electron chi connectivity index (χ1n) is 6.34. The Hall–Kier alpha value is -2.22. The van der Waals surface area contributed by atoms with Gasteiger partial charge in [0.15, 0.2) is 0 Å². The molecule has 1 heterocycles. The number of aryl methyl sites for hydroxylation is 1. The maximum atomic E-state index is 11.8. The highest BCUT2D eigenvalue weighted by atomic mass is 32.2. The number of benzene rings is 1. The zero-order valence-electron chi connectivity index (χ0n) is 11.4. The van der Waals surface area contributed by atoms with Gasteiger partial charge in [0, 0.05) is 12.8 Å². The maximum Gasteiger partial charge on any atom is 0.258 e. The van der Waals surface area contributed by atoms with Crippen LogP contribution in [0.1, 0.15) is 18.7 Å². The van der Waals surface area contributed by atoms with Gasteiger partial charge >= 0.3 is 0 Å². The third kappa shape index (κ3) is 4.38. The molecular formula is C13H15N3O4S. The van der Waals surface area contributed by atoms with Gasteiger partial charge in [0.2, 0.25) is 15.9 Å². The molecule has 1 aromatic heterocycles. The molecule has 1 amide bonds. The molecule has 21 heavy (non-hydrogen) atoms. The van der Waals surface area contributed by atoms with Crippen molar-refractivity contribution in [2.45, 2.75) is 19.3 Å². The number of sulfonamides is 1. The summed E-state index contributed by atoms with van der Waals surface area (Å²) in [6.45, 7) is 0. The number of amides is 1. The van der Waals surface area contributed by atoms with E-state index in [9.17, 15) is 18.0 Å². The van der Waals surface area contributed by atoms with Crippen LogP contribution < -0.4 is 10.3 Å². The van der Waals surface area contributed by atoms with Gasteiger partial charge < -0.3 is 4.98 Å². The Morgan fingerprint density at radius 3 is 2.76 bits per heavy atom. The van der Waals surface area contributed by atoms with Crippen molar-refractivity contribution in [3.63, 3.8) is 0 Å². The highest BCUT2D eigenvalue weighted by Gasteiger charge is 2.09. The maximum absolute atomic E-state index is 11.8. The molecule has 0 aliphatic carbocycles. The van der Waals surface area contributed by atoms with Crippen molar-refractivity contribution < 1.29 is 13.2 Å². The van der Waals surface area contributed by atoms with Gasteiger partial charge in [-0.1, -0.05) is 12.1 Å². The van der Waals surface area contributed by atoms with Gasteiger partial charge in [0.25, 0.3) is 5.56 Å². The molecule has 8 heteroatoms. The number of rotatable bonds is 5. The summed E-state index contributed by atoms with van der Waals surface area (Å²) in [7, 11) is -3.53. The smallest absolute Gasteiger partial charge is 0.258 e. The molecule has 2 rings (SSSR count). The van der Waals surface area contributed by atoms with Crippen molar-refractivity contribution in [1.82, 2.24) is 14.7 Å². The number of hydrogen-bond acceptors (Lipinski definition) is 5. The zero-order chi connectivity index (χ0) is 15.5. The number of fused-ring (bicyclic) bond motifs is 1. The summed E-state index contributed by atoms with van der Waals surface area (Å²) in [4.78, 5) is 30.1. The lowest BCUT2D eigenvalue weighted by Gasteiger charge is -2.04. The molecule has 112 valence electrons. The summed E-state index contributed by atoms with van der Waals surface area (Å²) in [5.74, 6) is -0.0912. The van der Waals surface area contributed by atoms with Crippen LogP contribution >= 0.6 is 0 Å². The molecule has 0 spiro atoms. The Morgan fingerprint density at radius 1 is 1.33 bits per heavy atom. The van der Waals surface area contributed by atoms with Crippen LogP contribution in [0.2, 0.25) is 0 Å². The van der Waals surface area contributed by atoms with Gasteiger partial charge in [-0.15, -0.1) is 0 Å². The van der Waals surface area contributed by atoms with Crippen molar-refractivity contribution in [3.8, 4) is 0 Å². The van der Waals surface area contributed by atoms with Crippen LogP contribution in [0, 0.1) is 0 Å². The fourth-order valence-corrected chi connectivity index (χ4v) is 2.44. The summed E-state index contributed by atoms with van der Waals surface area (Å²) in [6.07, 6.45) is 1.75. The minimum Gasteiger partial charge on any atom is -0.310 e. The zero-order valence-corrected chi connectivity index (χ0v) is 12.2. The lowest BCUT2D eigenvalue weighted by Crippen LogP contribution is -2.29. The van der Waals surface area contributed by atoms with E-state index in [0.717, 1.165) is 6.26 Å². The molecule has 0 aliphatic heterocycles. The molecular weight excluding hydrogens is 294 g/mol. The van der Waals surface area contributed by atoms with Crippen LogP contribution in [0.3, 0.4) is 0 Å². The number of H-pyrrole nitrogens is 1. The van der Waals surface area contributed by atoms with Crippen LogP contribution in [0.15, 0.2) is 29.1 Å². The molecule has 2 N–H and O–H groups in total. The van der Waals surface area contributed by atoms with Crippen LogP contribution in [0.25, 0.3) is 10.9 Å². The first-order chi connectivity index (χ1) is 9.85. The SMILES string of the molecule is CS(=O)(=O)NC(=O)CCCc1nc2ccccc2c(=O)[nH]1. The van der Waals surface area contributed by atoms with Gasteiger partial charge in [0.1, 0.15) is 5.82 Å². The lowest BCUT2D eigenvalue weighted by atomic mass is 10.2. The van der Waals surface area contributed by atoms with Gasteiger partial charge in [-0.2, -0.15) is 0 Å². The predicted octanol–water partition coefficient (Wildman–Crippen LogP) is 0.322. The Labute approximate surface area is 121 Å². The number of aromatic nitrogens is 2. The van der Waals surface area contributed by atoms with E-state index in [1.165, 1.54) is 0 Å². The van der Waals surface area contributed by atoms with Crippen molar-refractivity contribution >= 4 is 26.8 Å². The molecule has 7 nitrogen and oxygen atoms in total. The molecule has 1 aromatic carbocycles. The van der Waals surface area contributed by atoms with E-state index >= 15 is 0 Å². The second-order valence-electron chi connectivity index (χ2n) is 4.68. The second kappa shape index (κ2) is 6.04. The minimum atomic E-state index is -3.53. The summed E-state index contributed by atoms with van der Waals surface area (Å²) in [6, 6.07) is 6.97. The molecule has 0 fully saturated rings. The number of para-hydroxylation sites is 1. The van der Waals surface area contributed by atoms with Crippen molar-refractivity contribution in [3.05, 3.63) is 40.4 Å². The van der Waals surface area contributed by atoms with Gasteiger partial charge in [0.05, 0.1) is 17.2 Å². The van der Waals surface area contributed by atoms with Crippen LogP contribution in [0.4, 0.5) is 0 Å². The summed E-state index contributed by atoms with van der Waals surface area (Å²) in [5.41, 5.74) is 0.369. The monoisotopic (exact) mass is 309 g/mol. The van der Waals surface area contributed by atoms with E-state index in [2.05, 4.69) is 9.97 Å². The predicted molar refractivity (Wildman–Crippen MR) is 78.3 cm³/mol. The number of carbonyl (C=O) groups is 1. The lowest BCUT2D eigenvalue weighted by molar-refractivity contribution is -0.119. The second-order valence-corrected chi connectivity index (χ2v) is 6.43. The van der Waals surface area contributed by atoms with E-state index in [4.69, 9.17) is 0 Å². The molecule has 0 atom stereocenters. The van der Waals surface area contributed by atoms with Crippen LogP contribution in [-0.4, -0.2) is 30.5 Å². The quantitative estimate of drug-likeness (QED) is 0.827. The number of nitrogens with one attached hydrogen (secondary N) is 2. The number of nitrogens with zero attached hydrogens (tertiary/aromatic N) is 1. The number of aromatic amines is 1. The third-order valence-electron chi connectivity index (χ3n) is 2.78. The largest absolute Gasteiger partial charge is 0.310 e. The highest BCUT2D eigenvalue weighted by molar-refractivity contribution is 7.89. The average Bonchev–Trinajstić information content (AvgIpc) is 2.36. The number of hydrogen-bond donors (Lipinski definition) is 2. The highest BCUT2D eigenvalue weighted by Crippen LogP contribution is 2.07. The van der Waals surface area contributed by atoms with E-state index in [1.54, 1.807) is 24.3 Å². The molecule has 0 unspecified atom stereocenters. The van der Waals surface area contributed by atoms with E-state index in [-0.39, 0.29) is 12.0 Å². The Balaban J connectivity index is 2.01. The standard InChI is InChI=1S/C13H15N3O4S/c1-21(19,20)16-12(17)8-4-7-11-14-10-6-3-2-5-9(10)13(18)15-11/h2-3,5-6H,4,7-8H2,1H3,(H,16,17)(H,14,15,18). The van der Waals surface area contributed by atoms with Crippen molar-refractivity contribution in [2.75, 3.05) is 6.26 Å². The van der Waals surface area contributed by atoms with Gasteiger partial charge in [-0.05, 0) is 18.6 Å². The number of carbonyl (C=O) groups excluding carboxylic acids is 1. The molecule has 0 aliphatic rings. The van der Waals surface area contributed by atoms with Crippen LogP contribution in [0.5, 0.6) is 0 Å². The van der Waals surface area contributed by atoms with Crippen molar-refractivity contribution in [2.24, 2.45) is 0 Å². The molecule has 0 saturated heterocycles. The van der Waals surface area contributed by atoms with Gasteiger partial charge in [-0.25, -0.2) is 13.4 Å². The topological polar surface area (TPSA) is 109 Å². The Kier molecular flexibility index (Phi) is 4.37. The van der Waals surface area contributed by atoms with E-state index in [1.807, 2.05) is 4.72 Å². The fraction of sp³-hybridized carbons (Fsp3) is 0.308. The first-order valence-corrected chi connectivity index (χ1v) is 8.23. The van der Waals surface area contributed by atoms with Crippen LogP contribution in [-0.2, 0) is 21.2 Å². The summed E-state index contributed by atoms with van der Waals surface area (Å²) < 4.78 is 23.6. The summed E-state index contributed by atoms with van der Waals surface area (Å²) >= 11 is 0.